The molecule has 0 unspecified atom stereocenters. The van der Waals surface area contributed by atoms with E-state index >= 15 is 0 Å². The number of benzene rings is 1. The molecule has 1 heterocycles. The first kappa shape index (κ1) is 30.0. The molecule has 3 rings (SSSR count). The average Bonchev–Trinajstić information content (AvgIpc) is 3.66. The quantitative estimate of drug-likeness (QED) is 0.323. The van der Waals surface area contributed by atoms with Gasteiger partial charge in [-0.2, -0.15) is 0 Å². The van der Waals surface area contributed by atoms with Crippen LogP contribution in [0.4, 0.5) is 4.79 Å². The topological polar surface area (TPSA) is 98.8 Å². The van der Waals surface area contributed by atoms with E-state index in [1.807, 2.05) is 23.6 Å². The molecule has 0 aromatic heterocycles. The molecule has 2 fully saturated rings. The van der Waals surface area contributed by atoms with Crippen molar-refractivity contribution in [1.82, 2.24) is 15.1 Å². The first-order valence-corrected chi connectivity index (χ1v) is 13.6. The van der Waals surface area contributed by atoms with E-state index in [2.05, 4.69) is 5.32 Å². The van der Waals surface area contributed by atoms with Crippen LogP contribution in [-0.2, 0) is 14.2 Å². The molecule has 10 heteroatoms. The van der Waals surface area contributed by atoms with E-state index in [-0.39, 0.29) is 42.5 Å². The van der Waals surface area contributed by atoms with Gasteiger partial charge in [0.05, 0.1) is 20.3 Å². The Morgan fingerprint density at radius 2 is 1.66 bits per heavy atom. The molecule has 1 aromatic carbocycles. The zero-order chi connectivity index (χ0) is 27.5. The fraction of sp³-hybridized carbons (Fsp3) is 0.714. The average molecular weight is 536 g/mol. The second-order valence-corrected chi connectivity index (χ2v) is 10.3. The number of nitrogens with one attached hydrogen (secondary N) is 1. The van der Waals surface area contributed by atoms with E-state index in [1.165, 1.54) is 0 Å². The van der Waals surface area contributed by atoms with Crippen molar-refractivity contribution in [3.8, 4) is 11.5 Å². The van der Waals surface area contributed by atoms with Crippen molar-refractivity contribution in [2.75, 3.05) is 73.9 Å². The SMILES string of the molecule is COCCCOc1cc(C(=O)N(C[C@@H]2CNC[C@H]2CN(C(=O)OCCOC)C2CC2)C(C)C)ccc1OC. The molecule has 38 heavy (non-hydrogen) atoms. The van der Waals surface area contributed by atoms with Crippen molar-refractivity contribution >= 4 is 12.0 Å². The van der Waals surface area contributed by atoms with Crippen molar-refractivity contribution in [1.29, 1.82) is 0 Å². The Labute approximate surface area is 226 Å². The van der Waals surface area contributed by atoms with Crippen LogP contribution in [0.15, 0.2) is 18.2 Å². The Balaban J connectivity index is 1.67. The van der Waals surface area contributed by atoms with Crippen LogP contribution < -0.4 is 14.8 Å². The first-order valence-electron chi connectivity index (χ1n) is 13.6. The van der Waals surface area contributed by atoms with Gasteiger partial charge < -0.3 is 38.8 Å². The molecular formula is C28H45N3O7. The van der Waals surface area contributed by atoms with Gasteiger partial charge in [0, 0.05) is 71.1 Å². The summed E-state index contributed by atoms with van der Waals surface area (Å²) in [5.74, 6) is 1.54. The van der Waals surface area contributed by atoms with Gasteiger partial charge in [-0.3, -0.25) is 4.79 Å². The number of carbonyl (C=O) groups excluding carboxylic acids is 2. The van der Waals surface area contributed by atoms with Gasteiger partial charge in [-0.25, -0.2) is 4.79 Å². The third-order valence-electron chi connectivity index (χ3n) is 7.12. The molecule has 10 nitrogen and oxygen atoms in total. The van der Waals surface area contributed by atoms with Crippen LogP contribution in [0, 0.1) is 11.8 Å². The minimum Gasteiger partial charge on any atom is -0.493 e. The lowest BCUT2D eigenvalue weighted by molar-refractivity contribution is 0.0580. The van der Waals surface area contributed by atoms with Crippen LogP contribution >= 0.6 is 0 Å². The van der Waals surface area contributed by atoms with Gasteiger partial charge in [0.15, 0.2) is 11.5 Å². The fourth-order valence-electron chi connectivity index (χ4n) is 4.78. The summed E-state index contributed by atoms with van der Waals surface area (Å²) in [6.45, 7) is 8.59. The number of hydrogen-bond acceptors (Lipinski definition) is 8. The zero-order valence-corrected chi connectivity index (χ0v) is 23.6. The number of carbonyl (C=O) groups is 2. The Kier molecular flexibility index (Phi) is 11.9. The third-order valence-corrected chi connectivity index (χ3v) is 7.12. The second kappa shape index (κ2) is 15.1. The summed E-state index contributed by atoms with van der Waals surface area (Å²) >= 11 is 0. The maximum atomic E-state index is 13.7. The normalized spacial score (nSPS) is 18.9. The molecule has 214 valence electrons. The molecule has 2 atom stereocenters. The van der Waals surface area contributed by atoms with E-state index in [1.54, 1.807) is 39.5 Å². The van der Waals surface area contributed by atoms with Gasteiger partial charge in [-0.05, 0) is 56.7 Å². The van der Waals surface area contributed by atoms with Gasteiger partial charge in [-0.1, -0.05) is 0 Å². The molecule has 1 aliphatic carbocycles. The first-order chi connectivity index (χ1) is 18.4. The molecule has 0 bridgehead atoms. The lowest BCUT2D eigenvalue weighted by Gasteiger charge is -2.33. The highest BCUT2D eigenvalue weighted by Gasteiger charge is 2.39. The zero-order valence-electron chi connectivity index (χ0n) is 23.6. The summed E-state index contributed by atoms with van der Waals surface area (Å²) in [6, 6.07) is 5.58. The molecule has 1 saturated carbocycles. The largest absolute Gasteiger partial charge is 0.493 e. The smallest absolute Gasteiger partial charge is 0.410 e. The lowest BCUT2D eigenvalue weighted by atomic mass is 9.94. The van der Waals surface area contributed by atoms with E-state index in [0.29, 0.717) is 50.0 Å². The highest BCUT2D eigenvalue weighted by molar-refractivity contribution is 5.95. The second-order valence-electron chi connectivity index (χ2n) is 10.3. The highest BCUT2D eigenvalue weighted by atomic mass is 16.6. The van der Waals surface area contributed by atoms with Crippen molar-refractivity contribution in [3.05, 3.63) is 23.8 Å². The summed E-state index contributed by atoms with van der Waals surface area (Å²) in [7, 11) is 4.83. The fourth-order valence-corrected chi connectivity index (χ4v) is 4.78. The van der Waals surface area contributed by atoms with Gasteiger partial charge >= 0.3 is 6.09 Å². The number of hydrogen-bond donors (Lipinski definition) is 1. The monoisotopic (exact) mass is 535 g/mol. The molecular weight excluding hydrogens is 490 g/mol. The van der Waals surface area contributed by atoms with Gasteiger partial charge in [0.1, 0.15) is 6.61 Å². The molecule has 0 spiro atoms. The van der Waals surface area contributed by atoms with Crippen LogP contribution in [-0.4, -0.2) is 108 Å². The molecule has 2 aliphatic rings. The number of rotatable bonds is 16. The number of ether oxygens (including phenoxy) is 5. The van der Waals surface area contributed by atoms with Crippen molar-refractivity contribution < 1.29 is 33.3 Å². The van der Waals surface area contributed by atoms with E-state index in [4.69, 9.17) is 23.7 Å². The van der Waals surface area contributed by atoms with Crippen LogP contribution in [0.25, 0.3) is 0 Å². The van der Waals surface area contributed by atoms with Gasteiger partial charge in [0.2, 0.25) is 0 Å². The summed E-state index contributed by atoms with van der Waals surface area (Å²) in [6.07, 6.45) is 2.48. The van der Waals surface area contributed by atoms with E-state index in [9.17, 15) is 9.59 Å². The highest BCUT2D eigenvalue weighted by Crippen LogP contribution is 2.32. The van der Waals surface area contributed by atoms with Gasteiger partial charge in [-0.15, -0.1) is 0 Å². The standard InChI is InChI=1S/C28H45N3O7/c1-20(2)30(27(32)21-7-10-25(36-5)26(15-21)37-12-6-11-34-3)18-22-16-29-17-23(22)19-31(24-8-9-24)28(33)38-14-13-35-4/h7,10,15,20,22-24,29H,6,8-9,11-14,16-19H2,1-5H3/t22-,23-/m0/s1. The Morgan fingerprint density at radius 1 is 0.947 bits per heavy atom. The summed E-state index contributed by atoms with van der Waals surface area (Å²) in [5.41, 5.74) is 0.560. The number of methoxy groups -OCH3 is 3. The summed E-state index contributed by atoms with van der Waals surface area (Å²) in [4.78, 5) is 30.2. The molecule has 1 aromatic rings. The molecule has 2 amide bonds. The third kappa shape index (κ3) is 8.47. The minimum absolute atomic E-state index is 0.00969. The van der Waals surface area contributed by atoms with Crippen molar-refractivity contribution in [2.45, 2.75) is 45.2 Å². The van der Waals surface area contributed by atoms with E-state index < -0.39 is 0 Å². The Morgan fingerprint density at radius 3 is 2.29 bits per heavy atom. The van der Waals surface area contributed by atoms with E-state index in [0.717, 1.165) is 32.4 Å². The van der Waals surface area contributed by atoms with Crippen LogP contribution in [0.1, 0.15) is 43.5 Å². The summed E-state index contributed by atoms with van der Waals surface area (Å²) < 4.78 is 26.9. The maximum absolute atomic E-state index is 13.7. The predicted molar refractivity (Wildman–Crippen MR) is 144 cm³/mol. The van der Waals surface area contributed by atoms with Crippen molar-refractivity contribution in [2.24, 2.45) is 11.8 Å². The molecule has 1 aliphatic heterocycles. The lowest BCUT2D eigenvalue weighted by Crippen LogP contribution is -2.45. The van der Waals surface area contributed by atoms with Crippen LogP contribution in [0.3, 0.4) is 0 Å². The van der Waals surface area contributed by atoms with Crippen LogP contribution in [0.2, 0.25) is 0 Å². The molecule has 1 N–H and O–H groups in total. The number of nitrogens with zero attached hydrogens (tertiary/aromatic N) is 2. The summed E-state index contributed by atoms with van der Waals surface area (Å²) in [5, 5.41) is 3.48. The maximum Gasteiger partial charge on any atom is 0.410 e. The molecule has 0 radical (unpaired) electrons. The van der Waals surface area contributed by atoms with Gasteiger partial charge in [0.25, 0.3) is 5.91 Å². The molecule has 1 saturated heterocycles. The minimum atomic E-state index is -0.275. The Hall–Kier alpha value is -2.56. The number of amides is 2. The van der Waals surface area contributed by atoms with Crippen molar-refractivity contribution in [3.63, 3.8) is 0 Å². The van der Waals surface area contributed by atoms with Crippen LogP contribution in [0.5, 0.6) is 11.5 Å². The predicted octanol–water partition coefficient (Wildman–Crippen LogP) is 3.04. The Bertz CT molecular complexity index is 893.